The molecule has 0 bridgehead atoms. The molecule has 1 aliphatic carbocycles. The molecule has 4 atom stereocenters. The lowest BCUT2D eigenvalue weighted by molar-refractivity contribution is -0.129. The first-order chi connectivity index (χ1) is 15.1. The SMILES string of the molecule is [C-]#[N+]C(=CC(C)(C)C)C(=O)N1C[C@H]2C[C@H]2[C@@H]1COC(=O)N[C@@H](Cc1ccccc1)B(O)O. The summed E-state index contributed by atoms with van der Waals surface area (Å²) in [5, 5.41) is 21.8. The Bertz CT molecular complexity index is 906. The number of hydrogen-bond acceptors (Lipinski definition) is 5. The number of nitrogens with zero attached hydrogens (tertiary/aromatic N) is 2. The number of benzene rings is 1. The summed E-state index contributed by atoms with van der Waals surface area (Å²) >= 11 is 0. The highest BCUT2D eigenvalue weighted by Gasteiger charge is 2.54. The Morgan fingerprint density at radius 2 is 2.03 bits per heavy atom. The maximum absolute atomic E-state index is 13.0. The molecule has 1 saturated heterocycles. The molecule has 32 heavy (non-hydrogen) atoms. The third kappa shape index (κ3) is 6.12. The summed E-state index contributed by atoms with van der Waals surface area (Å²) in [5.41, 5.74) is 0.624. The Balaban J connectivity index is 1.59. The number of alkyl carbamates (subject to hydrolysis) is 1. The summed E-state index contributed by atoms with van der Waals surface area (Å²) in [5.74, 6) is -0.619. The topological polar surface area (TPSA) is 103 Å². The van der Waals surface area contributed by atoms with Crippen molar-refractivity contribution in [2.45, 2.75) is 45.6 Å². The van der Waals surface area contributed by atoms with Crippen LogP contribution in [0.3, 0.4) is 0 Å². The predicted octanol–water partition coefficient (Wildman–Crippen LogP) is 2.03. The lowest BCUT2D eigenvalue weighted by atomic mass is 9.76. The zero-order chi connectivity index (χ0) is 23.5. The molecule has 1 saturated carbocycles. The molecule has 170 valence electrons. The molecule has 0 spiro atoms. The summed E-state index contributed by atoms with van der Waals surface area (Å²) in [4.78, 5) is 30.4. The van der Waals surface area contributed by atoms with Crippen LogP contribution in [0.15, 0.2) is 42.1 Å². The van der Waals surface area contributed by atoms with Gasteiger partial charge in [-0.2, -0.15) is 0 Å². The van der Waals surface area contributed by atoms with Crippen molar-refractivity contribution < 1.29 is 24.4 Å². The Labute approximate surface area is 189 Å². The largest absolute Gasteiger partial charge is 0.475 e. The van der Waals surface area contributed by atoms with Gasteiger partial charge in [0.25, 0.3) is 5.91 Å². The number of carbonyl (C=O) groups excluding carboxylic acids is 2. The van der Waals surface area contributed by atoms with Gasteiger partial charge in [0, 0.05) is 6.54 Å². The van der Waals surface area contributed by atoms with Crippen molar-refractivity contribution in [3.63, 3.8) is 0 Å². The lowest BCUT2D eigenvalue weighted by Crippen LogP contribution is -2.49. The van der Waals surface area contributed by atoms with E-state index >= 15 is 0 Å². The van der Waals surface area contributed by atoms with Gasteiger partial charge in [0.05, 0.1) is 18.6 Å². The molecule has 1 aliphatic heterocycles. The smallest absolute Gasteiger partial charge is 0.447 e. The fourth-order valence-electron chi connectivity index (χ4n) is 4.17. The van der Waals surface area contributed by atoms with Crippen LogP contribution in [0, 0.1) is 23.8 Å². The molecule has 1 heterocycles. The number of piperidine rings is 1. The number of nitrogens with one attached hydrogen (secondary N) is 1. The van der Waals surface area contributed by atoms with E-state index in [0.717, 1.165) is 12.0 Å². The molecule has 8 nitrogen and oxygen atoms in total. The summed E-state index contributed by atoms with van der Waals surface area (Å²) in [6.07, 6.45) is 2.11. The minimum atomic E-state index is -1.75. The molecular weight excluding hydrogens is 409 g/mol. The van der Waals surface area contributed by atoms with Crippen molar-refractivity contribution in [1.29, 1.82) is 0 Å². The van der Waals surface area contributed by atoms with Crippen LogP contribution in [-0.2, 0) is 16.0 Å². The highest BCUT2D eigenvalue weighted by Crippen LogP contribution is 2.50. The van der Waals surface area contributed by atoms with Crippen molar-refractivity contribution in [1.82, 2.24) is 10.2 Å². The lowest BCUT2D eigenvalue weighted by Gasteiger charge is -2.28. The molecule has 3 N–H and O–H groups in total. The molecule has 1 aromatic rings. The van der Waals surface area contributed by atoms with E-state index in [2.05, 4.69) is 10.2 Å². The van der Waals surface area contributed by atoms with Crippen LogP contribution >= 0.6 is 0 Å². The maximum Gasteiger partial charge on any atom is 0.475 e. The van der Waals surface area contributed by atoms with Gasteiger partial charge in [0.1, 0.15) is 6.61 Å². The number of rotatable bonds is 7. The second-order valence-electron chi connectivity index (χ2n) is 9.64. The average Bonchev–Trinajstić information content (AvgIpc) is 3.41. The fourth-order valence-corrected chi connectivity index (χ4v) is 4.17. The molecule has 0 aromatic heterocycles. The van der Waals surface area contributed by atoms with Crippen molar-refractivity contribution in [3.8, 4) is 0 Å². The van der Waals surface area contributed by atoms with E-state index in [9.17, 15) is 19.6 Å². The van der Waals surface area contributed by atoms with Crippen molar-refractivity contribution in [2.24, 2.45) is 17.3 Å². The van der Waals surface area contributed by atoms with Gasteiger partial charge in [-0.15, -0.1) is 0 Å². The number of likely N-dealkylation sites (tertiary alicyclic amines) is 1. The van der Waals surface area contributed by atoms with Crippen LogP contribution < -0.4 is 5.32 Å². The molecule has 2 fully saturated rings. The summed E-state index contributed by atoms with van der Waals surface area (Å²) < 4.78 is 5.37. The van der Waals surface area contributed by atoms with Gasteiger partial charge < -0.3 is 25.0 Å². The van der Waals surface area contributed by atoms with Gasteiger partial charge >= 0.3 is 13.2 Å². The quantitative estimate of drug-likeness (QED) is 0.343. The monoisotopic (exact) mass is 439 g/mol. The van der Waals surface area contributed by atoms with Crippen molar-refractivity contribution in [3.05, 3.63) is 59.1 Å². The highest BCUT2D eigenvalue weighted by molar-refractivity contribution is 6.43. The first-order valence-corrected chi connectivity index (χ1v) is 10.8. The maximum atomic E-state index is 13.0. The standard InChI is InChI=1S/C23H30BN3O5/c1-23(2,3)12-18(25-4)21(28)27-13-16-11-17(16)19(27)14-32-22(29)26-20(24(30)31)10-15-8-6-5-7-9-15/h5-9,12,16-17,19-20,30-31H,10-11,13-14H2,1-3H3,(H,26,29)/t16-,17-,19+,20+/m1/s1. The van der Waals surface area contributed by atoms with Crippen LogP contribution in [0.5, 0.6) is 0 Å². The minimum absolute atomic E-state index is 0.000874. The van der Waals surface area contributed by atoms with Gasteiger partial charge in [-0.1, -0.05) is 57.2 Å². The van der Waals surface area contributed by atoms with Crippen LogP contribution in [0.2, 0.25) is 0 Å². The molecule has 0 radical (unpaired) electrons. The van der Waals surface area contributed by atoms with Crippen LogP contribution in [0.25, 0.3) is 4.85 Å². The highest BCUT2D eigenvalue weighted by atomic mass is 16.5. The normalized spacial score (nSPS) is 23.1. The predicted molar refractivity (Wildman–Crippen MR) is 120 cm³/mol. The van der Waals surface area contributed by atoms with E-state index in [-0.39, 0.29) is 42.0 Å². The first kappa shape index (κ1) is 23.8. The molecule has 2 amide bonds. The van der Waals surface area contributed by atoms with Gasteiger partial charge in [0.15, 0.2) is 0 Å². The van der Waals surface area contributed by atoms with Crippen molar-refractivity contribution >= 4 is 19.1 Å². The summed E-state index contributed by atoms with van der Waals surface area (Å²) in [7, 11) is -1.75. The third-order valence-electron chi connectivity index (χ3n) is 5.82. The van der Waals surface area contributed by atoms with E-state index in [1.54, 1.807) is 11.0 Å². The van der Waals surface area contributed by atoms with Gasteiger partial charge in [-0.3, -0.25) is 4.79 Å². The molecular formula is C23H30BN3O5. The number of allylic oxidation sites excluding steroid dienone is 1. The summed E-state index contributed by atoms with van der Waals surface area (Å²) in [6.45, 7) is 13.8. The molecule has 0 unspecified atom stereocenters. The van der Waals surface area contributed by atoms with E-state index in [1.165, 1.54) is 0 Å². The minimum Gasteiger partial charge on any atom is -0.447 e. The second-order valence-corrected chi connectivity index (χ2v) is 9.64. The van der Waals surface area contributed by atoms with Crippen LogP contribution in [0.1, 0.15) is 32.8 Å². The van der Waals surface area contributed by atoms with E-state index in [1.807, 2.05) is 51.1 Å². The Morgan fingerprint density at radius 3 is 2.62 bits per heavy atom. The third-order valence-corrected chi connectivity index (χ3v) is 5.82. The zero-order valence-electron chi connectivity index (χ0n) is 18.7. The average molecular weight is 439 g/mol. The summed E-state index contributed by atoms with van der Waals surface area (Å²) in [6, 6.07) is 8.89. The molecule has 1 aromatic carbocycles. The Kier molecular flexibility index (Phi) is 7.27. The Morgan fingerprint density at radius 1 is 1.34 bits per heavy atom. The molecule has 2 aliphatic rings. The number of carbonyl (C=O) groups is 2. The van der Waals surface area contributed by atoms with Crippen molar-refractivity contribution in [2.75, 3.05) is 13.2 Å². The number of fused-ring (bicyclic) bond motifs is 1. The van der Waals surface area contributed by atoms with Crippen LogP contribution in [0.4, 0.5) is 4.79 Å². The van der Waals surface area contributed by atoms with Gasteiger partial charge in [-0.05, 0) is 35.7 Å². The van der Waals surface area contributed by atoms with Gasteiger partial charge in [-0.25, -0.2) is 9.64 Å². The van der Waals surface area contributed by atoms with E-state index in [4.69, 9.17) is 11.3 Å². The van der Waals surface area contributed by atoms with Crippen LogP contribution in [-0.4, -0.2) is 59.2 Å². The number of ether oxygens (including phenoxy) is 1. The number of hydrogen-bond donors (Lipinski definition) is 3. The Hall–Kier alpha value is -2.83. The molecule has 9 heteroatoms. The first-order valence-electron chi connectivity index (χ1n) is 10.8. The second kappa shape index (κ2) is 9.76. The van der Waals surface area contributed by atoms with Gasteiger partial charge in [0.2, 0.25) is 5.70 Å². The van der Waals surface area contributed by atoms with E-state index < -0.39 is 19.2 Å². The fraction of sp³-hybridized carbons (Fsp3) is 0.522. The zero-order valence-corrected chi connectivity index (χ0v) is 18.7. The van der Waals surface area contributed by atoms with E-state index in [0.29, 0.717) is 12.5 Å². The number of amides is 2. The molecule has 3 rings (SSSR count).